The summed E-state index contributed by atoms with van der Waals surface area (Å²) in [6.45, 7) is 0.00882. The minimum Gasteiger partial charge on any atom is -0.264 e. The first kappa shape index (κ1) is 7.22. The highest BCUT2D eigenvalue weighted by Gasteiger charge is 1.89. The van der Waals surface area contributed by atoms with Gasteiger partial charge in [-0.2, -0.15) is 0 Å². The van der Waals surface area contributed by atoms with Crippen LogP contribution in [0.25, 0.3) is 0 Å². The summed E-state index contributed by atoms with van der Waals surface area (Å²) in [6, 6.07) is 3.88. The number of aromatic nitrogens is 1. The Hall–Kier alpha value is -0.890. The Kier molecular flexibility index (Phi) is 2.90. The van der Waals surface area contributed by atoms with Gasteiger partial charge >= 0.3 is 0 Å². The molecule has 0 fully saturated rings. The minimum atomic E-state index is 0.00882. The van der Waals surface area contributed by atoms with Gasteiger partial charge in [-0.3, -0.25) is 4.98 Å². The predicted molar refractivity (Wildman–Crippen MR) is 38.1 cm³/mol. The summed E-state index contributed by atoms with van der Waals surface area (Å²) < 4.78 is 0. The van der Waals surface area contributed by atoms with E-state index in [1.54, 1.807) is 12.4 Å². The summed E-state index contributed by atoms with van der Waals surface area (Å²) in [4.78, 5) is 3.94. The van der Waals surface area contributed by atoms with Gasteiger partial charge in [0.25, 0.3) is 0 Å². The molecule has 0 N–H and O–H groups in total. The van der Waals surface area contributed by atoms with Crippen LogP contribution in [-0.2, 0) is 11.5 Å². The summed E-state index contributed by atoms with van der Waals surface area (Å²) >= 11 is 0. The lowest BCUT2D eigenvalue weighted by Crippen LogP contribution is -1.88. The smallest absolute Gasteiger partial charge is 0.0825 e. The van der Waals surface area contributed by atoms with Gasteiger partial charge in [0.15, 0.2) is 0 Å². The van der Waals surface area contributed by atoms with E-state index in [0.717, 1.165) is 12.0 Å². The molecular weight excluding hydrogens is 126 g/mol. The van der Waals surface area contributed by atoms with Gasteiger partial charge in [0.05, 0.1) is 6.61 Å². The second-order valence-corrected chi connectivity index (χ2v) is 2.17. The second-order valence-electron chi connectivity index (χ2n) is 2.17. The monoisotopic (exact) mass is 136 g/mol. The molecule has 0 bridgehead atoms. The van der Waals surface area contributed by atoms with Crippen LogP contribution in [0.2, 0.25) is 0 Å². The summed E-state index contributed by atoms with van der Waals surface area (Å²) in [5, 5.41) is 10.1. The standard InChI is InChI=1S/C8H10NO/c10-6-2-4-8-3-1-5-9-7-8/h1,3,5,7H,2,4,6H2. The van der Waals surface area contributed by atoms with Crippen molar-refractivity contribution in [2.45, 2.75) is 12.8 Å². The van der Waals surface area contributed by atoms with Gasteiger partial charge < -0.3 is 0 Å². The average molecular weight is 136 g/mol. The molecular formula is C8H10NO. The van der Waals surface area contributed by atoms with Crippen molar-refractivity contribution in [3.05, 3.63) is 30.1 Å². The van der Waals surface area contributed by atoms with Gasteiger partial charge in [-0.15, -0.1) is 0 Å². The summed E-state index contributed by atoms with van der Waals surface area (Å²) in [6.07, 6.45) is 5.11. The van der Waals surface area contributed by atoms with Crippen LogP contribution < -0.4 is 0 Å². The number of nitrogens with zero attached hydrogens (tertiary/aromatic N) is 1. The van der Waals surface area contributed by atoms with E-state index in [9.17, 15) is 5.11 Å². The lowest BCUT2D eigenvalue weighted by molar-refractivity contribution is 0.189. The zero-order valence-corrected chi connectivity index (χ0v) is 5.79. The van der Waals surface area contributed by atoms with E-state index in [0.29, 0.717) is 6.42 Å². The Morgan fingerprint density at radius 3 is 3.00 bits per heavy atom. The van der Waals surface area contributed by atoms with Crippen LogP contribution in [0, 0.1) is 0 Å². The van der Waals surface area contributed by atoms with Crippen molar-refractivity contribution in [1.82, 2.24) is 4.98 Å². The van der Waals surface area contributed by atoms with E-state index in [-0.39, 0.29) is 6.61 Å². The molecule has 1 aromatic rings. The van der Waals surface area contributed by atoms with Crippen LogP contribution in [-0.4, -0.2) is 11.6 Å². The quantitative estimate of drug-likeness (QED) is 0.619. The average Bonchev–Trinajstić information content (AvgIpc) is 2.03. The van der Waals surface area contributed by atoms with Crippen LogP contribution in [0.15, 0.2) is 24.5 Å². The second kappa shape index (κ2) is 4.01. The number of pyridine rings is 1. The fourth-order valence-corrected chi connectivity index (χ4v) is 0.822. The normalized spacial score (nSPS) is 9.70. The third kappa shape index (κ3) is 2.15. The number of hydrogen-bond acceptors (Lipinski definition) is 1. The van der Waals surface area contributed by atoms with Gasteiger partial charge in [0.1, 0.15) is 0 Å². The van der Waals surface area contributed by atoms with Crippen molar-refractivity contribution in [1.29, 1.82) is 0 Å². The SMILES string of the molecule is [O]CCCc1cccnc1. The maximum Gasteiger partial charge on any atom is 0.0825 e. The molecule has 0 amide bonds. The van der Waals surface area contributed by atoms with Crippen molar-refractivity contribution >= 4 is 0 Å². The molecule has 53 valence electrons. The third-order valence-electron chi connectivity index (χ3n) is 1.33. The van der Waals surface area contributed by atoms with Gasteiger partial charge in [0, 0.05) is 12.4 Å². The van der Waals surface area contributed by atoms with Crippen LogP contribution >= 0.6 is 0 Å². The first-order valence-corrected chi connectivity index (χ1v) is 3.40. The van der Waals surface area contributed by atoms with E-state index < -0.39 is 0 Å². The topological polar surface area (TPSA) is 32.8 Å². The molecule has 1 radical (unpaired) electrons. The maximum atomic E-state index is 10.1. The van der Waals surface area contributed by atoms with Crippen LogP contribution in [0.1, 0.15) is 12.0 Å². The number of rotatable bonds is 3. The zero-order valence-electron chi connectivity index (χ0n) is 5.79. The zero-order chi connectivity index (χ0) is 7.23. The molecule has 0 aliphatic heterocycles. The molecule has 0 aromatic carbocycles. The Balaban J connectivity index is 2.43. The lowest BCUT2D eigenvalue weighted by Gasteiger charge is -1.94. The molecule has 2 heteroatoms. The largest absolute Gasteiger partial charge is 0.264 e. The molecule has 0 saturated heterocycles. The lowest BCUT2D eigenvalue weighted by atomic mass is 10.2. The fraction of sp³-hybridized carbons (Fsp3) is 0.375. The molecule has 1 heterocycles. The summed E-state index contributed by atoms with van der Waals surface area (Å²) in [5.41, 5.74) is 1.15. The van der Waals surface area contributed by atoms with Gasteiger partial charge in [-0.05, 0) is 24.5 Å². The van der Waals surface area contributed by atoms with Gasteiger partial charge in [-0.25, -0.2) is 5.11 Å². The van der Waals surface area contributed by atoms with Crippen LogP contribution in [0.3, 0.4) is 0 Å². The van der Waals surface area contributed by atoms with E-state index in [4.69, 9.17) is 0 Å². The molecule has 0 aliphatic rings. The van der Waals surface area contributed by atoms with E-state index in [2.05, 4.69) is 4.98 Å². The first-order chi connectivity index (χ1) is 4.93. The highest BCUT2D eigenvalue weighted by Crippen LogP contribution is 1.98. The molecule has 0 aliphatic carbocycles. The van der Waals surface area contributed by atoms with Crippen molar-refractivity contribution in [3.8, 4) is 0 Å². The van der Waals surface area contributed by atoms with Crippen molar-refractivity contribution in [2.24, 2.45) is 0 Å². The molecule has 0 unspecified atom stereocenters. The van der Waals surface area contributed by atoms with Gasteiger partial charge in [-0.1, -0.05) is 6.07 Å². The molecule has 10 heavy (non-hydrogen) atoms. The minimum absolute atomic E-state index is 0.00882. The predicted octanol–water partition coefficient (Wildman–Crippen LogP) is 1.44. The fourth-order valence-electron chi connectivity index (χ4n) is 0.822. The highest BCUT2D eigenvalue weighted by atomic mass is 16.2. The molecule has 0 saturated carbocycles. The Labute approximate surface area is 60.5 Å². The molecule has 1 aromatic heterocycles. The van der Waals surface area contributed by atoms with E-state index in [1.807, 2.05) is 12.1 Å². The number of aryl methyl sites for hydroxylation is 1. The molecule has 1 rings (SSSR count). The number of hydrogen-bond donors (Lipinski definition) is 0. The molecule has 2 nitrogen and oxygen atoms in total. The van der Waals surface area contributed by atoms with Gasteiger partial charge in [0.2, 0.25) is 0 Å². The molecule has 0 spiro atoms. The summed E-state index contributed by atoms with van der Waals surface area (Å²) in [7, 11) is 0. The Morgan fingerprint density at radius 2 is 2.40 bits per heavy atom. The van der Waals surface area contributed by atoms with E-state index in [1.165, 1.54) is 0 Å². The Morgan fingerprint density at radius 1 is 1.50 bits per heavy atom. The highest BCUT2D eigenvalue weighted by molar-refractivity contribution is 5.08. The van der Waals surface area contributed by atoms with Crippen molar-refractivity contribution in [3.63, 3.8) is 0 Å². The van der Waals surface area contributed by atoms with Crippen molar-refractivity contribution < 1.29 is 5.11 Å². The summed E-state index contributed by atoms with van der Waals surface area (Å²) in [5.74, 6) is 0. The maximum absolute atomic E-state index is 10.1. The van der Waals surface area contributed by atoms with Crippen molar-refractivity contribution in [2.75, 3.05) is 6.61 Å². The molecule has 0 atom stereocenters. The Bertz CT molecular complexity index is 174. The first-order valence-electron chi connectivity index (χ1n) is 3.40. The van der Waals surface area contributed by atoms with E-state index >= 15 is 0 Å². The third-order valence-corrected chi connectivity index (χ3v) is 1.33. The van der Waals surface area contributed by atoms with Crippen LogP contribution in [0.4, 0.5) is 0 Å². The van der Waals surface area contributed by atoms with Crippen LogP contribution in [0.5, 0.6) is 0 Å².